The van der Waals surface area contributed by atoms with Crippen LogP contribution >= 0.6 is 0 Å². The molecule has 0 aliphatic carbocycles. The Morgan fingerprint density at radius 1 is 1.35 bits per heavy atom. The maximum atomic E-state index is 11.3. The van der Waals surface area contributed by atoms with E-state index in [4.69, 9.17) is 14.6 Å². The van der Waals surface area contributed by atoms with Crippen LogP contribution in [0, 0.1) is 0 Å². The maximum absolute atomic E-state index is 11.3. The molecule has 0 radical (unpaired) electrons. The van der Waals surface area contributed by atoms with E-state index in [9.17, 15) is 14.4 Å². The average molecular weight is 240 g/mol. The minimum Gasteiger partial charge on any atom is -0.490 e. The Bertz CT molecular complexity index is 522. The molecule has 0 aliphatic rings. The van der Waals surface area contributed by atoms with Crippen molar-refractivity contribution in [3.05, 3.63) is 33.9 Å². The Hall–Kier alpha value is -2.57. The molecule has 2 N–H and O–H groups in total. The maximum Gasteiger partial charge on any atom is 0.343 e. The van der Waals surface area contributed by atoms with Gasteiger partial charge in [0.2, 0.25) is 11.2 Å². The first-order valence-electron chi connectivity index (χ1n) is 4.31. The second-order valence-corrected chi connectivity index (χ2v) is 2.88. The van der Waals surface area contributed by atoms with E-state index >= 15 is 0 Å². The van der Waals surface area contributed by atoms with Crippen molar-refractivity contribution in [1.29, 1.82) is 0 Å². The molecule has 7 nitrogen and oxygen atoms in total. The number of carboxylic acid groups (broad SMARTS) is 2. The summed E-state index contributed by atoms with van der Waals surface area (Å²) in [5.74, 6) is -3.50. The summed E-state index contributed by atoms with van der Waals surface area (Å²) in [5, 5.41) is 17.2. The standard InChI is InChI=1S/C10H8O7/c1-16-8-4-17-5(3-7(8)11)2-6(9(12)13)10(14)15/h2-4H,1H3,(H,12,13)(H,14,15). The molecule has 0 bridgehead atoms. The second-order valence-electron chi connectivity index (χ2n) is 2.88. The van der Waals surface area contributed by atoms with Gasteiger partial charge in [-0.2, -0.15) is 0 Å². The van der Waals surface area contributed by atoms with Crippen molar-refractivity contribution in [3.63, 3.8) is 0 Å². The molecule has 7 heteroatoms. The van der Waals surface area contributed by atoms with Crippen LogP contribution in [-0.2, 0) is 9.59 Å². The number of carbonyl (C=O) groups is 2. The van der Waals surface area contributed by atoms with Crippen LogP contribution in [0.25, 0.3) is 6.08 Å². The molecule has 90 valence electrons. The Kier molecular flexibility index (Phi) is 3.66. The highest BCUT2D eigenvalue weighted by molar-refractivity contribution is 6.16. The van der Waals surface area contributed by atoms with Crippen molar-refractivity contribution >= 4 is 18.0 Å². The van der Waals surface area contributed by atoms with Crippen LogP contribution in [0.2, 0.25) is 0 Å². The quantitative estimate of drug-likeness (QED) is 0.439. The zero-order chi connectivity index (χ0) is 13.0. The third kappa shape index (κ3) is 2.94. The summed E-state index contributed by atoms with van der Waals surface area (Å²) >= 11 is 0. The summed E-state index contributed by atoms with van der Waals surface area (Å²) < 4.78 is 9.47. The lowest BCUT2D eigenvalue weighted by molar-refractivity contribution is -0.140. The summed E-state index contributed by atoms with van der Waals surface area (Å²) in [4.78, 5) is 32.4. The van der Waals surface area contributed by atoms with Crippen LogP contribution < -0.4 is 10.2 Å². The summed E-state index contributed by atoms with van der Waals surface area (Å²) in [6, 6.07) is 0.935. The van der Waals surface area contributed by atoms with Gasteiger partial charge in [-0.15, -0.1) is 0 Å². The van der Waals surface area contributed by atoms with Gasteiger partial charge in [0.05, 0.1) is 7.11 Å². The fourth-order valence-electron chi connectivity index (χ4n) is 0.996. The molecule has 0 amide bonds. The largest absolute Gasteiger partial charge is 0.490 e. The van der Waals surface area contributed by atoms with Crippen molar-refractivity contribution in [2.75, 3.05) is 7.11 Å². The fraction of sp³-hybridized carbons (Fsp3) is 0.100. The van der Waals surface area contributed by atoms with Gasteiger partial charge in [-0.25, -0.2) is 9.59 Å². The molecule has 1 aromatic heterocycles. The minimum atomic E-state index is -1.63. The summed E-state index contributed by atoms with van der Waals surface area (Å²) in [7, 11) is 1.27. The van der Waals surface area contributed by atoms with E-state index in [-0.39, 0.29) is 11.5 Å². The molecule has 17 heavy (non-hydrogen) atoms. The predicted molar refractivity (Wildman–Crippen MR) is 54.8 cm³/mol. The fourth-order valence-corrected chi connectivity index (χ4v) is 0.996. The molecule has 1 heterocycles. The monoisotopic (exact) mass is 240 g/mol. The van der Waals surface area contributed by atoms with Crippen LogP contribution in [0.3, 0.4) is 0 Å². The SMILES string of the molecule is COc1coc(C=C(C(=O)O)C(=O)O)cc1=O. The van der Waals surface area contributed by atoms with Crippen LogP contribution in [0.1, 0.15) is 5.76 Å². The van der Waals surface area contributed by atoms with Gasteiger partial charge in [-0.05, 0) is 0 Å². The van der Waals surface area contributed by atoms with Crippen molar-refractivity contribution in [3.8, 4) is 5.75 Å². The van der Waals surface area contributed by atoms with E-state index in [1.807, 2.05) is 0 Å². The minimum absolute atomic E-state index is 0.0608. The normalized spacial score (nSPS) is 9.47. The highest BCUT2D eigenvalue weighted by Gasteiger charge is 2.16. The lowest BCUT2D eigenvalue weighted by Crippen LogP contribution is -2.11. The molecule has 0 fully saturated rings. The average Bonchev–Trinajstić information content (AvgIpc) is 2.25. The van der Waals surface area contributed by atoms with Crippen molar-refractivity contribution in [1.82, 2.24) is 0 Å². The Labute approximate surface area is 94.6 Å². The molecule has 0 unspecified atom stereocenters. The van der Waals surface area contributed by atoms with E-state index < -0.39 is 22.9 Å². The Morgan fingerprint density at radius 2 is 1.94 bits per heavy atom. The number of hydrogen-bond acceptors (Lipinski definition) is 5. The third-order valence-electron chi connectivity index (χ3n) is 1.79. The highest BCUT2D eigenvalue weighted by atomic mass is 16.5. The highest BCUT2D eigenvalue weighted by Crippen LogP contribution is 2.09. The van der Waals surface area contributed by atoms with Gasteiger partial charge in [0.25, 0.3) is 0 Å². The lowest BCUT2D eigenvalue weighted by Gasteiger charge is -1.99. The number of ether oxygens (including phenoxy) is 1. The molecule has 1 aromatic rings. The zero-order valence-corrected chi connectivity index (χ0v) is 8.67. The van der Waals surface area contributed by atoms with E-state index in [2.05, 4.69) is 4.74 Å². The predicted octanol–water partition coefficient (Wildman–Crippen LogP) is 0.201. The van der Waals surface area contributed by atoms with Crippen molar-refractivity contribution in [2.45, 2.75) is 0 Å². The lowest BCUT2D eigenvalue weighted by atomic mass is 10.2. The molecule has 0 saturated heterocycles. The molecule has 0 atom stereocenters. The summed E-state index contributed by atoms with van der Waals surface area (Å²) in [5.41, 5.74) is -1.45. The first kappa shape index (κ1) is 12.5. The van der Waals surface area contributed by atoms with Gasteiger partial charge in [0, 0.05) is 12.1 Å². The first-order chi connectivity index (χ1) is 7.95. The molecular formula is C10H8O7. The van der Waals surface area contributed by atoms with E-state index in [1.54, 1.807) is 0 Å². The number of hydrogen-bond donors (Lipinski definition) is 2. The number of rotatable bonds is 4. The first-order valence-corrected chi connectivity index (χ1v) is 4.31. The van der Waals surface area contributed by atoms with Gasteiger partial charge < -0.3 is 19.4 Å². The van der Waals surface area contributed by atoms with Gasteiger partial charge >= 0.3 is 11.9 Å². The molecule has 1 rings (SSSR count). The van der Waals surface area contributed by atoms with Crippen LogP contribution in [0.4, 0.5) is 0 Å². The topological polar surface area (TPSA) is 114 Å². The number of methoxy groups -OCH3 is 1. The van der Waals surface area contributed by atoms with Crippen molar-refractivity contribution < 1.29 is 29.0 Å². The Morgan fingerprint density at radius 3 is 2.35 bits per heavy atom. The summed E-state index contributed by atoms with van der Waals surface area (Å²) in [6.45, 7) is 0. The van der Waals surface area contributed by atoms with E-state index in [0.717, 1.165) is 18.4 Å². The smallest absolute Gasteiger partial charge is 0.343 e. The molecule has 0 aliphatic heterocycles. The summed E-state index contributed by atoms with van der Waals surface area (Å²) in [6.07, 6.45) is 1.71. The third-order valence-corrected chi connectivity index (χ3v) is 1.79. The number of aliphatic carboxylic acids is 2. The van der Waals surface area contributed by atoms with Crippen molar-refractivity contribution in [2.24, 2.45) is 0 Å². The van der Waals surface area contributed by atoms with Crippen LogP contribution in [0.5, 0.6) is 5.75 Å². The van der Waals surface area contributed by atoms with Gasteiger partial charge in [0.15, 0.2) is 0 Å². The molecule has 0 aromatic carbocycles. The zero-order valence-electron chi connectivity index (χ0n) is 8.67. The molecule has 0 spiro atoms. The molecular weight excluding hydrogens is 232 g/mol. The van der Waals surface area contributed by atoms with Crippen LogP contribution in [0.15, 0.2) is 27.1 Å². The van der Waals surface area contributed by atoms with Gasteiger partial charge in [-0.3, -0.25) is 4.79 Å². The second kappa shape index (κ2) is 4.97. The van der Waals surface area contributed by atoms with Crippen LogP contribution in [-0.4, -0.2) is 29.3 Å². The van der Waals surface area contributed by atoms with E-state index in [0.29, 0.717) is 0 Å². The Balaban J connectivity index is 3.22. The van der Waals surface area contributed by atoms with E-state index in [1.165, 1.54) is 7.11 Å². The van der Waals surface area contributed by atoms with Gasteiger partial charge in [0.1, 0.15) is 17.6 Å². The number of carboxylic acids is 2. The molecule has 0 saturated carbocycles. The van der Waals surface area contributed by atoms with Gasteiger partial charge in [-0.1, -0.05) is 0 Å².